The van der Waals surface area contributed by atoms with E-state index in [9.17, 15) is 14.4 Å². The average molecular weight is 298 g/mol. The van der Waals surface area contributed by atoms with Crippen LogP contribution in [0.1, 0.15) is 21.9 Å². The molecule has 8 nitrogen and oxygen atoms in total. The van der Waals surface area contributed by atoms with Crippen molar-refractivity contribution in [3.63, 3.8) is 0 Å². The summed E-state index contributed by atoms with van der Waals surface area (Å²) in [6, 6.07) is -0.353. The van der Waals surface area contributed by atoms with Crippen molar-refractivity contribution in [3.05, 3.63) is 16.1 Å². The Labute approximate surface area is 118 Å². The third kappa shape index (κ3) is 3.67. The number of hydrogen-bond donors (Lipinski definition) is 3. The predicted molar refractivity (Wildman–Crippen MR) is 70.5 cm³/mol. The molecule has 0 radical (unpaired) electrons. The molecule has 0 unspecified atom stereocenters. The Kier molecular flexibility index (Phi) is 4.51. The molecule has 0 aliphatic carbocycles. The molecule has 0 bridgehead atoms. The zero-order valence-corrected chi connectivity index (χ0v) is 11.4. The largest absolute Gasteiger partial charge is 0.476 e. The Balaban J connectivity index is 1.87. The van der Waals surface area contributed by atoms with Gasteiger partial charge in [0.15, 0.2) is 5.69 Å². The average Bonchev–Trinajstić information content (AvgIpc) is 2.78. The summed E-state index contributed by atoms with van der Waals surface area (Å²) in [4.78, 5) is 39.2. The van der Waals surface area contributed by atoms with Crippen LogP contribution in [0.15, 0.2) is 5.38 Å². The maximum Gasteiger partial charge on any atom is 0.355 e. The van der Waals surface area contributed by atoms with Crippen molar-refractivity contribution in [1.29, 1.82) is 0 Å². The highest BCUT2D eigenvalue weighted by atomic mass is 32.1. The number of amides is 3. The molecule has 0 spiro atoms. The number of nitrogens with zero attached hydrogens (tertiary/aromatic N) is 2. The lowest BCUT2D eigenvalue weighted by atomic mass is 10.4. The lowest BCUT2D eigenvalue weighted by molar-refractivity contribution is -0.121. The molecule has 0 atom stereocenters. The van der Waals surface area contributed by atoms with Gasteiger partial charge >= 0.3 is 12.0 Å². The Hall–Kier alpha value is -2.16. The molecule has 3 N–H and O–H groups in total. The first-order chi connectivity index (χ1) is 9.56. The van der Waals surface area contributed by atoms with E-state index in [4.69, 9.17) is 5.11 Å². The number of carbonyl (C=O) groups is 3. The molecule has 1 aromatic heterocycles. The number of urea groups is 1. The second-order valence-electron chi connectivity index (χ2n) is 4.22. The lowest BCUT2D eigenvalue weighted by Crippen LogP contribution is -2.43. The topological polar surface area (TPSA) is 112 Å². The molecule has 0 aromatic carbocycles. The number of hydrogen-bond acceptors (Lipinski definition) is 5. The van der Waals surface area contributed by atoms with E-state index in [-0.39, 0.29) is 30.7 Å². The van der Waals surface area contributed by atoms with Crippen LogP contribution < -0.4 is 10.6 Å². The quantitative estimate of drug-likeness (QED) is 0.720. The van der Waals surface area contributed by atoms with E-state index >= 15 is 0 Å². The van der Waals surface area contributed by atoms with Crippen molar-refractivity contribution in [2.45, 2.75) is 13.0 Å². The van der Waals surface area contributed by atoms with Gasteiger partial charge in [-0.1, -0.05) is 0 Å². The molecule has 2 rings (SSSR count). The van der Waals surface area contributed by atoms with Crippen molar-refractivity contribution < 1.29 is 19.5 Å². The summed E-state index contributed by atoms with van der Waals surface area (Å²) in [6.45, 7) is 1.25. The Bertz CT molecular complexity index is 530. The van der Waals surface area contributed by atoms with Crippen LogP contribution in [0.2, 0.25) is 0 Å². The lowest BCUT2D eigenvalue weighted by Gasteiger charge is -2.19. The molecule has 3 amide bonds. The summed E-state index contributed by atoms with van der Waals surface area (Å²) in [6.07, 6.45) is 0.708. The summed E-state index contributed by atoms with van der Waals surface area (Å²) in [5.74, 6) is -1.27. The summed E-state index contributed by atoms with van der Waals surface area (Å²) >= 11 is 1.17. The van der Waals surface area contributed by atoms with Gasteiger partial charge in [-0.15, -0.1) is 11.3 Å². The number of thiazole rings is 1. The van der Waals surface area contributed by atoms with Gasteiger partial charge in [-0.2, -0.15) is 0 Å². The van der Waals surface area contributed by atoms with E-state index in [1.807, 2.05) is 0 Å². The first-order valence-electron chi connectivity index (χ1n) is 6.03. The molecule has 0 saturated carbocycles. The summed E-state index contributed by atoms with van der Waals surface area (Å²) in [5, 5.41) is 16.0. The smallest absolute Gasteiger partial charge is 0.355 e. The molecular formula is C11H14N4O4S. The second-order valence-corrected chi connectivity index (χ2v) is 5.16. The van der Waals surface area contributed by atoms with Crippen molar-refractivity contribution in [3.8, 4) is 0 Å². The zero-order chi connectivity index (χ0) is 14.5. The van der Waals surface area contributed by atoms with Crippen LogP contribution in [0.25, 0.3) is 0 Å². The standard InChI is InChI=1S/C11H14N4O4S/c16-8-5-15(3-1-2-12-8)11(19)13-4-9-14-7(6-20-9)10(17)18/h6H,1-5H2,(H,12,16)(H,13,19)(H,17,18). The van der Waals surface area contributed by atoms with Crippen LogP contribution in [-0.2, 0) is 11.3 Å². The fourth-order valence-electron chi connectivity index (χ4n) is 1.73. The molecule has 1 aliphatic heterocycles. The van der Waals surface area contributed by atoms with Crippen LogP contribution in [0, 0.1) is 0 Å². The van der Waals surface area contributed by atoms with Gasteiger partial charge in [0.25, 0.3) is 0 Å². The Morgan fingerprint density at radius 3 is 3.05 bits per heavy atom. The van der Waals surface area contributed by atoms with Crippen molar-refractivity contribution in [1.82, 2.24) is 20.5 Å². The van der Waals surface area contributed by atoms with E-state index in [0.29, 0.717) is 24.5 Å². The highest BCUT2D eigenvalue weighted by Gasteiger charge is 2.19. The maximum atomic E-state index is 11.9. The first-order valence-corrected chi connectivity index (χ1v) is 6.91. The normalized spacial score (nSPS) is 15.4. The number of rotatable bonds is 3. The first kappa shape index (κ1) is 14.3. The van der Waals surface area contributed by atoms with E-state index < -0.39 is 5.97 Å². The Morgan fingerprint density at radius 2 is 2.35 bits per heavy atom. The van der Waals surface area contributed by atoms with Crippen molar-refractivity contribution >= 4 is 29.2 Å². The summed E-state index contributed by atoms with van der Waals surface area (Å²) < 4.78 is 0. The molecule has 1 saturated heterocycles. The number of aromatic nitrogens is 1. The van der Waals surface area contributed by atoms with Gasteiger partial charge in [0.2, 0.25) is 5.91 Å². The van der Waals surface area contributed by atoms with Gasteiger partial charge in [0.1, 0.15) is 11.6 Å². The zero-order valence-electron chi connectivity index (χ0n) is 10.6. The van der Waals surface area contributed by atoms with E-state index in [1.165, 1.54) is 21.6 Å². The third-order valence-corrected chi connectivity index (χ3v) is 3.56. The van der Waals surface area contributed by atoms with E-state index in [1.54, 1.807) is 0 Å². The number of carboxylic acids is 1. The monoisotopic (exact) mass is 298 g/mol. The molecule has 2 heterocycles. The second kappa shape index (κ2) is 6.33. The van der Waals surface area contributed by atoms with Crippen LogP contribution >= 0.6 is 11.3 Å². The SMILES string of the molecule is O=C1CN(C(=O)NCc2nc(C(=O)O)cs2)CCCN1. The molecule has 108 valence electrons. The number of nitrogens with one attached hydrogen (secondary N) is 2. The molecule has 1 aliphatic rings. The van der Waals surface area contributed by atoms with Gasteiger partial charge in [-0.25, -0.2) is 14.6 Å². The van der Waals surface area contributed by atoms with Crippen LogP contribution in [0.5, 0.6) is 0 Å². The summed E-state index contributed by atoms with van der Waals surface area (Å²) in [7, 11) is 0. The van der Waals surface area contributed by atoms with Crippen LogP contribution in [-0.4, -0.2) is 52.5 Å². The van der Waals surface area contributed by atoms with Gasteiger partial charge in [-0.3, -0.25) is 4.79 Å². The van der Waals surface area contributed by atoms with Crippen LogP contribution in [0.3, 0.4) is 0 Å². The minimum absolute atomic E-state index is 0.0318. The molecule has 1 fully saturated rings. The third-order valence-electron chi connectivity index (χ3n) is 2.71. The number of aromatic carboxylic acids is 1. The van der Waals surface area contributed by atoms with Crippen molar-refractivity contribution in [2.75, 3.05) is 19.6 Å². The van der Waals surface area contributed by atoms with Gasteiger partial charge in [0, 0.05) is 18.5 Å². The molecular weight excluding hydrogens is 284 g/mol. The molecule has 1 aromatic rings. The number of carbonyl (C=O) groups excluding carboxylic acids is 2. The van der Waals surface area contributed by atoms with Gasteiger partial charge < -0.3 is 20.6 Å². The number of carboxylic acid groups (broad SMARTS) is 1. The van der Waals surface area contributed by atoms with Crippen molar-refractivity contribution in [2.24, 2.45) is 0 Å². The fraction of sp³-hybridized carbons (Fsp3) is 0.455. The van der Waals surface area contributed by atoms with Gasteiger partial charge in [-0.05, 0) is 6.42 Å². The minimum atomic E-state index is -1.09. The Morgan fingerprint density at radius 1 is 1.55 bits per heavy atom. The van der Waals surface area contributed by atoms with E-state index in [0.717, 1.165) is 0 Å². The maximum absolute atomic E-state index is 11.9. The van der Waals surface area contributed by atoms with Crippen LogP contribution in [0.4, 0.5) is 4.79 Å². The molecule has 20 heavy (non-hydrogen) atoms. The highest BCUT2D eigenvalue weighted by Crippen LogP contribution is 2.09. The van der Waals surface area contributed by atoms with E-state index in [2.05, 4.69) is 15.6 Å². The van der Waals surface area contributed by atoms with Gasteiger partial charge in [0.05, 0.1) is 6.54 Å². The summed E-state index contributed by atoms with van der Waals surface area (Å²) in [5.41, 5.74) is -0.0339. The molecule has 9 heteroatoms. The fourth-order valence-corrected chi connectivity index (χ4v) is 2.44. The minimum Gasteiger partial charge on any atom is -0.476 e. The predicted octanol–water partition coefficient (Wildman–Crippen LogP) is -0.127. The highest BCUT2D eigenvalue weighted by molar-refractivity contribution is 7.09.